The summed E-state index contributed by atoms with van der Waals surface area (Å²) >= 11 is 1.40. The van der Waals surface area contributed by atoms with Crippen LogP contribution in [0.25, 0.3) is 0 Å². The molecular formula is C17H19N3O3S. The van der Waals surface area contributed by atoms with Crippen LogP contribution in [-0.2, 0) is 9.59 Å². The maximum atomic E-state index is 12.7. The number of hydrogen-bond donors (Lipinski definition) is 1. The van der Waals surface area contributed by atoms with E-state index in [1.54, 1.807) is 12.5 Å². The molecule has 2 aliphatic rings. The molecule has 6 nitrogen and oxygen atoms in total. The fourth-order valence-corrected chi connectivity index (χ4v) is 3.93. The number of nitrogens with zero attached hydrogens (tertiary/aromatic N) is 2. The van der Waals surface area contributed by atoms with Gasteiger partial charge in [-0.25, -0.2) is 4.98 Å². The molecule has 4 rings (SSSR count). The maximum Gasteiger partial charge on any atom is 0.231 e. The van der Waals surface area contributed by atoms with Gasteiger partial charge in [-0.2, -0.15) is 0 Å². The number of nitrogens with one attached hydrogen (secondary N) is 1. The highest BCUT2D eigenvalue weighted by atomic mass is 32.1. The van der Waals surface area contributed by atoms with Crippen LogP contribution in [-0.4, -0.2) is 34.8 Å². The highest BCUT2D eigenvalue weighted by Gasteiger charge is 2.48. The zero-order valence-corrected chi connectivity index (χ0v) is 14.0. The monoisotopic (exact) mass is 345 g/mol. The van der Waals surface area contributed by atoms with Crippen molar-refractivity contribution in [2.45, 2.75) is 25.2 Å². The third-order valence-electron chi connectivity index (χ3n) is 4.78. The Hall–Kier alpha value is -2.15. The number of hydrogen-bond acceptors (Lipinski definition) is 5. The first-order valence-corrected chi connectivity index (χ1v) is 9.13. The van der Waals surface area contributed by atoms with Crippen molar-refractivity contribution in [2.75, 3.05) is 18.4 Å². The normalized spacial score (nSPS) is 26.2. The van der Waals surface area contributed by atoms with E-state index in [4.69, 9.17) is 4.42 Å². The van der Waals surface area contributed by atoms with E-state index in [0.717, 1.165) is 31.6 Å². The standard InChI is InChI=1S/C17H19N3O3S/c21-15(19-17-18-5-8-24-17)11-3-1-6-20(10-11)16(22)13-9-12(13)14-4-2-7-23-14/h2,4-5,7-8,11-13H,1,3,6,9-10H2,(H,18,19,21). The van der Waals surface area contributed by atoms with Crippen molar-refractivity contribution in [1.29, 1.82) is 0 Å². The van der Waals surface area contributed by atoms with Gasteiger partial charge in [-0.05, 0) is 31.4 Å². The highest BCUT2D eigenvalue weighted by molar-refractivity contribution is 7.13. The van der Waals surface area contributed by atoms with E-state index in [1.165, 1.54) is 11.3 Å². The Labute approximate surface area is 143 Å². The van der Waals surface area contributed by atoms with Crippen molar-refractivity contribution in [2.24, 2.45) is 11.8 Å². The van der Waals surface area contributed by atoms with Gasteiger partial charge >= 0.3 is 0 Å². The fraction of sp³-hybridized carbons (Fsp3) is 0.471. The smallest absolute Gasteiger partial charge is 0.231 e. The van der Waals surface area contributed by atoms with Crippen molar-refractivity contribution in [3.8, 4) is 0 Å². The Balaban J connectivity index is 1.35. The van der Waals surface area contributed by atoms with Crippen LogP contribution in [0.15, 0.2) is 34.4 Å². The predicted octanol–water partition coefficient (Wildman–Crippen LogP) is 2.72. The van der Waals surface area contributed by atoms with Gasteiger partial charge in [0.25, 0.3) is 0 Å². The third-order valence-corrected chi connectivity index (χ3v) is 5.47. The summed E-state index contributed by atoms with van der Waals surface area (Å²) in [5, 5.41) is 5.28. The van der Waals surface area contributed by atoms with Gasteiger partial charge in [0.15, 0.2) is 5.13 Å². The number of aromatic nitrogens is 1. The number of furan rings is 1. The molecule has 3 unspecified atom stereocenters. The minimum Gasteiger partial charge on any atom is -0.469 e. The Bertz CT molecular complexity index is 714. The van der Waals surface area contributed by atoms with Gasteiger partial charge in [-0.3, -0.25) is 9.59 Å². The van der Waals surface area contributed by atoms with Gasteiger partial charge in [0.1, 0.15) is 5.76 Å². The fourth-order valence-electron chi connectivity index (χ4n) is 3.40. The lowest BCUT2D eigenvalue weighted by molar-refractivity contribution is -0.136. The van der Waals surface area contributed by atoms with E-state index in [0.29, 0.717) is 11.7 Å². The number of piperidine rings is 1. The first-order valence-electron chi connectivity index (χ1n) is 8.25. The van der Waals surface area contributed by atoms with E-state index >= 15 is 0 Å². The molecule has 0 spiro atoms. The lowest BCUT2D eigenvalue weighted by atomic mass is 9.96. The highest BCUT2D eigenvalue weighted by Crippen LogP contribution is 2.48. The van der Waals surface area contributed by atoms with Crippen molar-refractivity contribution >= 4 is 28.3 Å². The van der Waals surface area contributed by atoms with E-state index in [9.17, 15) is 9.59 Å². The van der Waals surface area contributed by atoms with Crippen LogP contribution in [0, 0.1) is 11.8 Å². The molecular weight excluding hydrogens is 326 g/mol. The Morgan fingerprint density at radius 2 is 2.33 bits per heavy atom. The van der Waals surface area contributed by atoms with Crippen LogP contribution in [0.1, 0.15) is 30.9 Å². The van der Waals surface area contributed by atoms with Crippen molar-refractivity contribution in [3.63, 3.8) is 0 Å². The van der Waals surface area contributed by atoms with E-state index in [1.807, 2.05) is 22.4 Å². The number of amides is 2. The second kappa shape index (κ2) is 6.39. The molecule has 126 valence electrons. The molecule has 1 saturated carbocycles. The maximum absolute atomic E-state index is 12.7. The summed E-state index contributed by atoms with van der Waals surface area (Å²) in [6.07, 6.45) is 5.83. The summed E-state index contributed by atoms with van der Waals surface area (Å²) in [4.78, 5) is 31.0. The quantitative estimate of drug-likeness (QED) is 0.924. The van der Waals surface area contributed by atoms with Crippen molar-refractivity contribution in [1.82, 2.24) is 9.88 Å². The summed E-state index contributed by atoms with van der Waals surface area (Å²) in [6.45, 7) is 1.23. The molecule has 2 amide bonds. The van der Waals surface area contributed by atoms with Gasteiger partial charge < -0.3 is 14.6 Å². The third kappa shape index (κ3) is 3.08. The summed E-state index contributed by atoms with van der Waals surface area (Å²) in [6, 6.07) is 3.79. The number of likely N-dealkylation sites (tertiary alicyclic amines) is 1. The lowest BCUT2D eigenvalue weighted by Crippen LogP contribution is -2.44. The summed E-state index contributed by atoms with van der Waals surface area (Å²) in [5.74, 6) is 1.06. The zero-order chi connectivity index (χ0) is 16.5. The molecule has 1 aliphatic heterocycles. The molecule has 1 saturated heterocycles. The average Bonchev–Trinajstić information content (AvgIpc) is 3.01. The molecule has 3 heterocycles. The Morgan fingerprint density at radius 3 is 3.08 bits per heavy atom. The summed E-state index contributed by atoms with van der Waals surface area (Å²) in [7, 11) is 0. The molecule has 0 aromatic carbocycles. The number of thiazole rings is 1. The molecule has 1 N–H and O–H groups in total. The summed E-state index contributed by atoms with van der Waals surface area (Å²) in [5.41, 5.74) is 0. The molecule has 0 bridgehead atoms. The van der Waals surface area contributed by atoms with Crippen LogP contribution < -0.4 is 5.32 Å². The van der Waals surface area contributed by atoms with Crippen LogP contribution in [0.5, 0.6) is 0 Å². The number of rotatable bonds is 4. The van der Waals surface area contributed by atoms with E-state index in [-0.39, 0.29) is 29.6 Å². The van der Waals surface area contributed by atoms with Gasteiger partial charge in [0.05, 0.1) is 12.2 Å². The molecule has 1 aliphatic carbocycles. The van der Waals surface area contributed by atoms with E-state index < -0.39 is 0 Å². The van der Waals surface area contributed by atoms with Crippen molar-refractivity contribution in [3.05, 3.63) is 35.7 Å². The van der Waals surface area contributed by atoms with Gasteiger partial charge in [0, 0.05) is 36.5 Å². The molecule has 2 aromatic rings. The van der Waals surface area contributed by atoms with Crippen LogP contribution in [0.4, 0.5) is 5.13 Å². The number of anilines is 1. The van der Waals surface area contributed by atoms with Gasteiger partial charge in [0.2, 0.25) is 11.8 Å². The predicted molar refractivity (Wildman–Crippen MR) is 89.6 cm³/mol. The average molecular weight is 345 g/mol. The van der Waals surface area contributed by atoms with Gasteiger partial charge in [-0.1, -0.05) is 0 Å². The molecule has 3 atom stereocenters. The second-order valence-corrected chi connectivity index (χ2v) is 7.31. The number of carbonyl (C=O) groups excluding carboxylic acids is 2. The summed E-state index contributed by atoms with van der Waals surface area (Å²) < 4.78 is 5.40. The first kappa shape index (κ1) is 15.4. The minimum atomic E-state index is -0.160. The molecule has 2 fully saturated rings. The second-order valence-electron chi connectivity index (χ2n) is 6.41. The van der Waals surface area contributed by atoms with Gasteiger partial charge in [-0.15, -0.1) is 11.3 Å². The Kier molecular flexibility index (Phi) is 4.10. The van der Waals surface area contributed by atoms with Crippen LogP contribution >= 0.6 is 11.3 Å². The van der Waals surface area contributed by atoms with Crippen molar-refractivity contribution < 1.29 is 14.0 Å². The molecule has 7 heteroatoms. The minimum absolute atomic E-state index is 0.0110. The Morgan fingerprint density at radius 1 is 1.42 bits per heavy atom. The van der Waals surface area contributed by atoms with Crippen LogP contribution in [0.3, 0.4) is 0 Å². The molecule has 2 aromatic heterocycles. The van der Waals surface area contributed by atoms with Crippen LogP contribution in [0.2, 0.25) is 0 Å². The van der Waals surface area contributed by atoms with E-state index in [2.05, 4.69) is 10.3 Å². The lowest BCUT2D eigenvalue weighted by Gasteiger charge is -2.32. The number of carbonyl (C=O) groups is 2. The zero-order valence-electron chi connectivity index (χ0n) is 13.2. The molecule has 0 radical (unpaired) electrons. The SMILES string of the molecule is O=C(Nc1nccs1)C1CCCN(C(=O)C2CC2c2ccco2)C1. The molecule has 24 heavy (non-hydrogen) atoms. The topological polar surface area (TPSA) is 75.4 Å². The largest absolute Gasteiger partial charge is 0.469 e. The first-order chi connectivity index (χ1) is 11.7.